The molecular formula is C22H24O2. The van der Waals surface area contributed by atoms with Gasteiger partial charge >= 0.3 is 0 Å². The van der Waals surface area contributed by atoms with E-state index in [2.05, 4.69) is 0 Å². The Hall–Kier alpha value is -2.74. The number of hydrogen-bond acceptors (Lipinski definition) is 2. The molecule has 0 heterocycles. The normalized spacial score (nSPS) is 10.6. The summed E-state index contributed by atoms with van der Waals surface area (Å²) in [5.41, 5.74) is 1.99. The Bertz CT molecular complexity index is 731. The Morgan fingerprint density at radius 1 is 0.625 bits per heavy atom. The van der Waals surface area contributed by atoms with E-state index in [1.165, 1.54) is 0 Å². The van der Waals surface area contributed by atoms with Gasteiger partial charge < -0.3 is 10.2 Å². The first-order valence-electron chi connectivity index (χ1n) is 8.02. The second kappa shape index (κ2) is 7.69. The molecule has 0 aliphatic heterocycles. The van der Waals surface area contributed by atoms with Crippen LogP contribution in [0.2, 0.25) is 0 Å². The molecule has 2 N–H and O–H groups in total. The molecule has 2 nitrogen and oxygen atoms in total. The third kappa shape index (κ3) is 4.39. The van der Waals surface area contributed by atoms with Gasteiger partial charge in [-0.05, 0) is 17.0 Å². The first kappa shape index (κ1) is 17.6. The van der Waals surface area contributed by atoms with Crippen LogP contribution in [-0.4, -0.2) is 10.2 Å². The summed E-state index contributed by atoms with van der Waals surface area (Å²) < 4.78 is 0. The highest BCUT2D eigenvalue weighted by atomic mass is 16.3. The van der Waals surface area contributed by atoms with Gasteiger partial charge in [-0.3, -0.25) is 0 Å². The Morgan fingerprint density at radius 3 is 1.54 bits per heavy atom. The maximum atomic E-state index is 10.4. The first-order valence-corrected chi connectivity index (χ1v) is 8.02. The molecule has 0 unspecified atom stereocenters. The van der Waals surface area contributed by atoms with Crippen molar-refractivity contribution >= 4 is 0 Å². The van der Waals surface area contributed by atoms with Crippen LogP contribution in [0.1, 0.15) is 26.3 Å². The molecule has 3 aromatic carbocycles. The maximum Gasteiger partial charge on any atom is 0.130 e. The molecule has 0 aromatic heterocycles. The van der Waals surface area contributed by atoms with Crippen LogP contribution in [0.25, 0.3) is 11.1 Å². The van der Waals surface area contributed by atoms with Crippen molar-refractivity contribution in [3.8, 4) is 22.6 Å². The zero-order valence-electron chi connectivity index (χ0n) is 14.4. The highest BCUT2D eigenvalue weighted by Crippen LogP contribution is 2.43. The van der Waals surface area contributed by atoms with Crippen LogP contribution in [0.5, 0.6) is 11.5 Å². The van der Waals surface area contributed by atoms with Gasteiger partial charge in [0.25, 0.3) is 0 Å². The average Bonchev–Trinajstić information content (AvgIpc) is 2.57. The van der Waals surface area contributed by atoms with Crippen molar-refractivity contribution in [3.05, 3.63) is 84.4 Å². The van der Waals surface area contributed by atoms with Gasteiger partial charge in [-0.2, -0.15) is 0 Å². The third-order valence-corrected chi connectivity index (χ3v) is 3.69. The molecule has 2 heteroatoms. The molecule has 0 amide bonds. The molecule has 3 aromatic rings. The quantitative estimate of drug-likeness (QED) is 0.599. The maximum absolute atomic E-state index is 10.4. The van der Waals surface area contributed by atoms with Gasteiger partial charge in [-0.25, -0.2) is 0 Å². The second-order valence-electron chi connectivity index (χ2n) is 6.63. The average molecular weight is 320 g/mol. The Labute approximate surface area is 144 Å². The van der Waals surface area contributed by atoms with E-state index in [0.717, 1.165) is 11.1 Å². The third-order valence-electron chi connectivity index (χ3n) is 3.69. The summed E-state index contributed by atoms with van der Waals surface area (Å²) in [4.78, 5) is 0. The van der Waals surface area contributed by atoms with Crippen molar-refractivity contribution in [1.29, 1.82) is 0 Å². The zero-order valence-corrected chi connectivity index (χ0v) is 14.4. The summed E-state index contributed by atoms with van der Waals surface area (Å²) in [5, 5.41) is 20.4. The second-order valence-corrected chi connectivity index (χ2v) is 6.63. The van der Waals surface area contributed by atoms with Crippen molar-refractivity contribution in [2.45, 2.75) is 26.2 Å². The summed E-state index contributed by atoms with van der Waals surface area (Å²) in [6, 6.07) is 24.9. The molecule has 0 saturated carbocycles. The van der Waals surface area contributed by atoms with Crippen molar-refractivity contribution in [3.63, 3.8) is 0 Å². The van der Waals surface area contributed by atoms with E-state index in [4.69, 9.17) is 0 Å². The zero-order chi connectivity index (χ0) is 17.6. The van der Waals surface area contributed by atoms with Crippen molar-refractivity contribution in [1.82, 2.24) is 0 Å². The van der Waals surface area contributed by atoms with E-state index < -0.39 is 0 Å². The number of phenolic OH excluding ortho intramolecular Hbond substituents is 2. The molecule has 0 bridgehead atoms. The number of phenols is 2. The number of aromatic hydroxyl groups is 2. The molecule has 0 radical (unpaired) electrons. The van der Waals surface area contributed by atoms with Crippen LogP contribution in [0.15, 0.2) is 78.9 Å². The number of benzene rings is 3. The Morgan fingerprint density at radius 2 is 1.08 bits per heavy atom. The predicted octanol–water partition coefficient (Wildman–Crippen LogP) is 5.75. The minimum Gasteiger partial charge on any atom is -0.507 e. The van der Waals surface area contributed by atoms with E-state index in [-0.39, 0.29) is 16.9 Å². The van der Waals surface area contributed by atoms with E-state index in [1.807, 2.05) is 87.5 Å². The first-order chi connectivity index (χ1) is 11.4. The fourth-order valence-corrected chi connectivity index (χ4v) is 2.46. The highest BCUT2D eigenvalue weighted by molar-refractivity contribution is 5.78. The van der Waals surface area contributed by atoms with Gasteiger partial charge in [0.05, 0.1) is 5.56 Å². The van der Waals surface area contributed by atoms with E-state index in [1.54, 1.807) is 12.1 Å². The van der Waals surface area contributed by atoms with Crippen LogP contribution in [0, 0.1) is 0 Å². The highest BCUT2D eigenvalue weighted by Gasteiger charge is 2.22. The van der Waals surface area contributed by atoms with E-state index in [0.29, 0.717) is 5.56 Å². The van der Waals surface area contributed by atoms with Crippen LogP contribution >= 0.6 is 0 Å². The fraction of sp³-hybridized carbons (Fsp3) is 0.182. The number of rotatable bonds is 1. The lowest BCUT2D eigenvalue weighted by atomic mass is 9.84. The topological polar surface area (TPSA) is 40.5 Å². The molecule has 124 valence electrons. The summed E-state index contributed by atoms with van der Waals surface area (Å²) in [6.07, 6.45) is 0. The molecular weight excluding hydrogens is 296 g/mol. The molecule has 0 saturated heterocycles. The van der Waals surface area contributed by atoms with E-state index in [9.17, 15) is 10.2 Å². The van der Waals surface area contributed by atoms with Gasteiger partial charge in [0, 0.05) is 5.56 Å². The lowest BCUT2D eigenvalue weighted by Gasteiger charge is -2.22. The van der Waals surface area contributed by atoms with Gasteiger partial charge in [-0.1, -0.05) is 93.6 Å². The molecule has 3 rings (SSSR count). The molecule has 0 aliphatic carbocycles. The minimum atomic E-state index is -0.165. The minimum absolute atomic E-state index is 0.103. The van der Waals surface area contributed by atoms with Crippen molar-refractivity contribution in [2.24, 2.45) is 0 Å². The van der Waals surface area contributed by atoms with Gasteiger partial charge in [0.1, 0.15) is 11.5 Å². The van der Waals surface area contributed by atoms with Crippen LogP contribution < -0.4 is 0 Å². The lowest BCUT2D eigenvalue weighted by Crippen LogP contribution is -2.11. The fourth-order valence-electron chi connectivity index (χ4n) is 2.46. The smallest absolute Gasteiger partial charge is 0.130 e. The monoisotopic (exact) mass is 320 g/mol. The van der Waals surface area contributed by atoms with Gasteiger partial charge in [0.15, 0.2) is 0 Å². The van der Waals surface area contributed by atoms with Crippen molar-refractivity contribution in [2.75, 3.05) is 0 Å². The molecule has 0 fully saturated rings. The largest absolute Gasteiger partial charge is 0.507 e. The van der Waals surface area contributed by atoms with Gasteiger partial charge in [-0.15, -0.1) is 0 Å². The van der Waals surface area contributed by atoms with Gasteiger partial charge in [0.2, 0.25) is 0 Å². The van der Waals surface area contributed by atoms with Crippen molar-refractivity contribution < 1.29 is 10.2 Å². The summed E-state index contributed by atoms with van der Waals surface area (Å²) in [5.74, 6) is 0.264. The Kier molecular flexibility index (Phi) is 5.64. The lowest BCUT2D eigenvalue weighted by molar-refractivity contribution is 0.435. The summed E-state index contributed by atoms with van der Waals surface area (Å²) in [7, 11) is 0. The molecule has 0 aliphatic rings. The Balaban J connectivity index is 0.000000292. The summed E-state index contributed by atoms with van der Waals surface area (Å²) >= 11 is 0. The molecule has 0 atom stereocenters. The van der Waals surface area contributed by atoms with E-state index >= 15 is 0 Å². The standard InChI is InChI=1S/C16H18O2.C6H6/c1-16(2,3)12-9-10-13(17)14(15(12)18)11-7-5-4-6-8-11;1-2-4-6-5-3-1/h4-10,17-18H,1-3H3;1-6H. The number of hydrogen-bond donors (Lipinski definition) is 2. The molecule has 0 spiro atoms. The predicted molar refractivity (Wildman–Crippen MR) is 100 cm³/mol. The summed E-state index contributed by atoms with van der Waals surface area (Å²) in [6.45, 7) is 6.11. The SMILES string of the molecule is CC(C)(C)c1ccc(O)c(-c2ccccc2)c1O.c1ccccc1. The van der Waals surface area contributed by atoms with Crippen LogP contribution in [-0.2, 0) is 5.41 Å². The van der Waals surface area contributed by atoms with Crippen LogP contribution in [0.4, 0.5) is 0 Å². The van der Waals surface area contributed by atoms with Crippen LogP contribution in [0.3, 0.4) is 0 Å². The molecule has 24 heavy (non-hydrogen) atoms.